The van der Waals surface area contributed by atoms with Crippen molar-refractivity contribution in [2.45, 2.75) is 20.4 Å². The second-order valence-corrected chi connectivity index (χ2v) is 8.22. The predicted octanol–water partition coefficient (Wildman–Crippen LogP) is 4.22. The van der Waals surface area contributed by atoms with Gasteiger partial charge in [-0.3, -0.25) is 4.79 Å². The summed E-state index contributed by atoms with van der Waals surface area (Å²) in [6.45, 7) is 4.84. The van der Waals surface area contributed by atoms with Gasteiger partial charge in [0.2, 0.25) is 5.95 Å². The monoisotopic (exact) mass is 433 g/mol. The molecule has 8 nitrogen and oxygen atoms in total. The smallest absolute Gasteiger partial charge is 0.271 e. The second kappa shape index (κ2) is 9.05. The molecular formula is C22H23N7OS. The molecule has 1 aromatic carbocycles. The normalized spacial score (nSPS) is 11.0. The molecule has 0 aliphatic carbocycles. The highest BCUT2D eigenvalue weighted by Crippen LogP contribution is 2.28. The van der Waals surface area contributed by atoms with Crippen molar-refractivity contribution < 1.29 is 4.79 Å². The molecule has 0 fully saturated rings. The first-order chi connectivity index (χ1) is 15.0. The highest BCUT2D eigenvalue weighted by atomic mass is 32.1. The van der Waals surface area contributed by atoms with Crippen LogP contribution in [0, 0.1) is 5.92 Å². The number of thiazole rings is 1. The lowest BCUT2D eigenvalue weighted by Gasteiger charge is -2.10. The molecule has 0 aliphatic heterocycles. The summed E-state index contributed by atoms with van der Waals surface area (Å²) in [7, 11) is 1.58. The van der Waals surface area contributed by atoms with Crippen molar-refractivity contribution in [2.75, 3.05) is 12.4 Å². The third-order valence-electron chi connectivity index (χ3n) is 4.46. The Morgan fingerprint density at radius 1 is 1.13 bits per heavy atom. The highest BCUT2D eigenvalue weighted by Gasteiger charge is 2.16. The largest absolute Gasteiger partial charge is 0.354 e. The second-order valence-electron chi connectivity index (χ2n) is 7.36. The Morgan fingerprint density at radius 2 is 1.94 bits per heavy atom. The maximum atomic E-state index is 12.0. The van der Waals surface area contributed by atoms with Crippen LogP contribution in [0.1, 0.15) is 24.3 Å². The molecule has 0 atom stereocenters. The van der Waals surface area contributed by atoms with E-state index in [0.29, 0.717) is 29.9 Å². The van der Waals surface area contributed by atoms with Crippen LogP contribution in [0.5, 0.6) is 0 Å². The summed E-state index contributed by atoms with van der Waals surface area (Å²) in [6, 6.07) is 13.6. The van der Waals surface area contributed by atoms with Crippen molar-refractivity contribution in [1.82, 2.24) is 30.0 Å². The third-order valence-corrected chi connectivity index (χ3v) is 5.35. The fourth-order valence-electron chi connectivity index (χ4n) is 3.02. The Morgan fingerprint density at radius 3 is 2.68 bits per heavy atom. The molecule has 9 heteroatoms. The molecule has 0 saturated carbocycles. The first-order valence-electron chi connectivity index (χ1n) is 9.95. The Labute approximate surface area is 184 Å². The SMILES string of the molecule is CNC(=O)c1cc(Nc2nccc(-c3csc(-c4ccccc4)n3)n2)n(CC(C)C)n1. The van der Waals surface area contributed by atoms with Gasteiger partial charge in [0.15, 0.2) is 5.69 Å². The van der Waals surface area contributed by atoms with E-state index in [-0.39, 0.29) is 5.91 Å². The van der Waals surface area contributed by atoms with Gasteiger partial charge in [-0.2, -0.15) is 5.10 Å². The van der Waals surface area contributed by atoms with Crippen LogP contribution in [0.3, 0.4) is 0 Å². The first kappa shape index (κ1) is 20.7. The van der Waals surface area contributed by atoms with Gasteiger partial charge in [0.1, 0.15) is 16.5 Å². The first-order valence-corrected chi connectivity index (χ1v) is 10.8. The van der Waals surface area contributed by atoms with Gasteiger partial charge in [0.25, 0.3) is 5.91 Å². The average Bonchev–Trinajstić information content (AvgIpc) is 3.42. The van der Waals surface area contributed by atoms with E-state index >= 15 is 0 Å². The van der Waals surface area contributed by atoms with Gasteiger partial charge in [-0.25, -0.2) is 19.6 Å². The quantitative estimate of drug-likeness (QED) is 0.453. The van der Waals surface area contributed by atoms with Crippen molar-refractivity contribution in [2.24, 2.45) is 5.92 Å². The molecule has 31 heavy (non-hydrogen) atoms. The molecule has 3 aromatic heterocycles. The van der Waals surface area contributed by atoms with E-state index < -0.39 is 0 Å². The van der Waals surface area contributed by atoms with E-state index in [9.17, 15) is 4.79 Å². The number of rotatable bonds is 7. The van der Waals surface area contributed by atoms with Gasteiger partial charge < -0.3 is 10.6 Å². The van der Waals surface area contributed by atoms with Crippen LogP contribution in [0.15, 0.2) is 54.0 Å². The molecule has 4 aromatic rings. The average molecular weight is 434 g/mol. The molecule has 0 unspecified atom stereocenters. The van der Waals surface area contributed by atoms with E-state index in [4.69, 9.17) is 4.98 Å². The van der Waals surface area contributed by atoms with Crippen molar-refractivity contribution >= 4 is 29.0 Å². The number of amides is 1. The Bertz CT molecular complexity index is 1180. The van der Waals surface area contributed by atoms with Gasteiger partial charge in [0, 0.05) is 36.8 Å². The van der Waals surface area contributed by atoms with E-state index in [0.717, 1.165) is 22.0 Å². The standard InChI is InChI=1S/C22H23N7OS/c1-14(2)12-29-19(11-17(28-29)20(30)23-3)27-22-24-10-9-16(26-22)18-13-31-21(25-18)15-7-5-4-6-8-15/h4-11,13-14H,12H2,1-3H3,(H,23,30)(H,24,26,27). The molecule has 158 valence electrons. The molecule has 4 rings (SSSR count). The van der Waals surface area contributed by atoms with E-state index in [1.54, 1.807) is 35.3 Å². The zero-order valence-electron chi connectivity index (χ0n) is 17.5. The number of anilines is 2. The van der Waals surface area contributed by atoms with Gasteiger partial charge in [0.05, 0.1) is 5.69 Å². The lowest BCUT2D eigenvalue weighted by atomic mass is 10.2. The lowest BCUT2D eigenvalue weighted by Crippen LogP contribution is -2.19. The fourth-order valence-corrected chi connectivity index (χ4v) is 3.84. The predicted molar refractivity (Wildman–Crippen MR) is 122 cm³/mol. The van der Waals surface area contributed by atoms with Crippen LogP contribution in [0.4, 0.5) is 11.8 Å². The van der Waals surface area contributed by atoms with E-state index in [1.165, 1.54) is 0 Å². The minimum absolute atomic E-state index is 0.240. The number of benzene rings is 1. The summed E-state index contributed by atoms with van der Waals surface area (Å²) in [6.07, 6.45) is 1.69. The number of nitrogens with one attached hydrogen (secondary N) is 2. The summed E-state index contributed by atoms with van der Waals surface area (Å²) in [5.74, 6) is 1.20. The maximum Gasteiger partial charge on any atom is 0.271 e. The number of hydrogen-bond acceptors (Lipinski definition) is 7. The zero-order chi connectivity index (χ0) is 21.8. The van der Waals surface area contributed by atoms with Crippen molar-refractivity contribution in [3.05, 3.63) is 59.7 Å². The third kappa shape index (κ3) is 4.77. The summed E-state index contributed by atoms with van der Waals surface area (Å²) in [4.78, 5) is 25.7. The molecule has 0 spiro atoms. The Hall–Kier alpha value is -3.59. The van der Waals surface area contributed by atoms with Gasteiger partial charge in [-0.05, 0) is 12.0 Å². The number of hydrogen-bond donors (Lipinski definition) is 2. The lowest BCUT2D eigenvalue weighted by molar-refractivity contribution is 0.0957. The van der Waals surface area contributed by atoms with Crippen molar-refractivity contribution in [1.29, 1.82) is 0 Å². The summed E-state index contributed by atoms with van der Waals surface area (Å²) < 4.78 is 1.77. The van der Waals surface area contributed by atoms with Crippen LogP contribution in [0.2, 0.25) is 0 Å². The number of aromatic nitrogens is 5. The zero-order valence-corrected chi connectivity index (χ0v) is 18.3. The molecular weight excluding hydrogens is 410 g/mol. The number of carbonyl (C=O) groups is 1. The van der Waals surface area contributed by atoms with Crippen LogP contribution in [0.25, 0.3) is 22.0 Å². The molecule has 0 aliphatic rings. The Kier molecular flexibility index (Phi) is 6.03. The van der Waals surface area contributed by atoms with Gasteiger partial charge >= 0.3 is 0 Å². The van der Waals surface area contributed by atoms with Crippen molar-refractivity contribution in [3.8, 4) is 22.0 Å². The van der Waals surface area contributed by atoms with Gasteiger partial charge in [-0.1, -0.05) is 44.2 Å². The minimum atomic E-state index is -0.240. The number of nitrogens with zero attached hydrogens (tertiary/aromatic N) is 5. The highest BCUT2D eigenvalue weighted by molar-refractivity contribution is 7.13. The van der Waals surface area contributed by atoms with Crippen LogP contribution in [-0.2, 0) is 6.54 Å². The topological polar surface area (TPSA) is 97.6 Å². The molecule has 1 amide bonds. The van der Waals surface area contributed by atoms with Crippen molar-refractivity contribution in [3.63, 3.8) is 0 Å². The molecule has 3 heterocycles. The molecule has 0 saturated heterocycles. The Balaban J connectivity index is 1.60. The molecule has 2 N–H and O–H groups in total. The summed E-state index contributed by atoms with van der Waals surface area (Å²) in [5, 5.41) is 13.1. The summed E-state index contributed by atoms with van der Waals surface area (Å²) in [5.41, 5.74) is 2.92. The molecule has 0 bridgehead atoms. The fraction of sp³-hybridized carbons (Fsp3) is 0.227. The maximum absolute atomic E-state index is 12.0. The summed E-state index contributed by atoms with van der Waals surface area (Å²) >= 11 is 1.58. The number of carbonyl (C=O) groups excluding carboxylic acids is 1. The van der Waals surface area contributed by atoms with E-state index in [2.05, 4.69) is 39.5 Å². The van der Waals surface area contributed by atoms with Crippen LogP contribution < -0.4 is 10.6 Å². The minimum Gasteiger partial charge on any atom is -0.354 e. The molecule has 0 radical (unpaired) electrons. The van der Waals surface area contributed by atoms with Crippen LogP contribution >= 0.6 is 11.3 Å². The van der Waals surface area contributed by atoms with E-state index in [1.807, 2.05) is 41.8 Å². The van der Waals surface area contributed by atoms with Crippen LogP contribution in [-0.4, -0.2) is 37.7 Å². The van der Waals surface area contributed by atoms with Gasteiger partial charge in [-0.15, -0.1) is 11.3 Å².